The van der Waals surface area contributed by atoms with Crippen molar-refractivity contribution >= 4 is 23.4 Å². The Kier molecular flexibility index (Phi) is 6.49. The Bertz CT molecular complexity index is 949. The van der Waals surface area contributed by atoms with Crippen LogP contribution < -0.4 is 5.32 Å². The monoisotopic (exact) mass is 396 g/mol. The fourth-order valence-electron chi connectivity index (χ4n) is 2.84. The second-order valence-corrected chi connectivity index (χ2v) is 7.76. The molecule has 1 N–H and O–H groups in total. The number of nitrogens with one attached hydrogen (secondary N) is 1. The summed E-state index contributed by atoms with van der Waals surface area (Å²) in [6, 6.07) is 11.4. The fourth-order valence-corrected chi connectivity index (χ4v) is 3.98. The third-order valence-corrected chi connectivity index (χ3v) is 5.33. The van der Waals surface area contributed by atoms with Gasteiger partial charge in [0.05, 0.1) is 11.3 Å². The van der Waals surface area contributed by atoms with E-state index in [1.165, 1.54) is 11.8 Å². The maximum Gasteiger partial charge on any atom is 0.258 e. The van der Waals surface area contributed by atoms with E-state index in [2.05, 4.69) is 20.4 Å². The Morgan fingerprint density at radius 2 is 1.96 bits per heavy atom. The molecule has 0 aliphatic carbocycles. The first-order chi connectivity index (χ1) is 13.5. The average Bonchev–Trinajstić information content (AvgIpc) is 2.99. The molecule has 3 aromatic rings. The Morgan fingerprint density at radius 3 is 2.68 bits per heavy atom. The van der Waals surface area contributed by atoms with Gasteiger partial charge in [-0.1, -0.05) is 23.4 Å². The van der Waals surface area contributed by atoms with Crippen LogP contribution in [0.4, 0.5) is 5.69 Å². The third-order valence-electron chi connectivity index (χ3n) is 4.30. The zero-order valence-corrected chi connectivity index (χ0v) is 17.3. The third kappa shape index (κ3) is 4.79. The van der Waals surface area contributed by atoms with Crippen LogP contribution in [0.2, 0.25) is 0 Å². The Labute approximate surface area is 169 Å². The molecule has 0 spiro atoms. The lowest BCUT2D eigenvalue weighted by Gasteiger charge is -2.15. The van der Waals surface area contributed by atoms with Gasteiger partial charge < -0.3 is 14.7 Å². The van der Waals surface area contributed by atoms with E-state index in [1.807, 2.05) is 52.2 Å². The molecule has 0 aliphatic rings. The van der Waals surface area contributed by atoms with Crippen LogP contribution in [0.3, 0.4) is 0 Å². The molecule has 7 heteroatoms. The first-order valence-electron chi connectivity index (χ1n) is 8.99. The van der Waals surface area contributed by atoms with Crippen LogP contribution in [0.5, 0.6) is 0 Å². The number of aromatic nitrogens is 2. The molecule has 0 bridgehead atoms. The SMILES string of the molecule is Cc1noc(C)c1CSc1ncccc1C(=O)Nc1ccccc1CN(C)C. The van der Waals surface area contributed by atoms with E-state index in [0.29, 0.717) is 16.3 Å². The van der Waals surface area contributed by atoms with Crippen molar-refractivity contribution in [3.63, 3.8) is 0 Å². The van der Waals surface area contributed by atoms with Crippen molar-refractivity contribution in [2.75, 3.05) is 19.4 Å². The highest BCUT2D eigenvalue weighted by Crippen LogP contribution is 2.28. The van der Waals surface area contributed by atoms with Crippen molar-refractivity contribution in [2.24, 2.45) is 0 Å². The van der Waals surface area contributed by atoms with Gasteiger partial charge in [0, 0.05) is 29.7 Å². The fraction of sp³-hybridized carbons (Fsp3) is 0.286. The van der Waals surface area contributed by atoms with Crippen molar-refractivity contribution in [1.29, 1.82) is 0 Å². The van der Waals surface area contributed by atoms with Crippen molar-refractivity contribution in [2.45, 2.75) is 31.2 Å². The normalized spacial score (nSPS) is 11.0. The summed E-state index contributed by atoms with van der Waals surface area (Å²) >= 11 is 1.51. The summed E-state index contributed by atoms with van der Waals surface area (Å²) in [4.78, 5) is 19.4. The number of carbonyl (C=O) groups excluding carboxylic acids is 1. The van der Waals surface area contributed by atoms with Gasteiger partial charge in [0.1, 0.15) is 10.8 Å². The molecule has 0 saturated heterocycles. The van der Waals surface area contributed by atoms with Crippen molar-refractivity contribution in [1.82, 2.24) is 15.0 Å². The molecule has 0 atom stereocenters. The largest absolute Gasteiger partial charge is 0.361 e. The van der Waals surface area contributed by atoms with E-state index in [9.17, 15) is 4.79 Å². The maximum absolute atomic E-state index is 13.0. The molecule has 3 rings (SSSR count). The lowest BCUT2D eigenvalue weighted by atomic mass is 10.1. The van der Waals surface area contributed by atoms with Crippen molar-refractivity contribution in [3.8, 4) is 0 Å². The van der Waals surface area contributed by atoms with Gasteiger partial charge in [-0.05, 0) is 51.7 Å². The molecule has 1 aromatic carbocycles. The second kappa shape index (κ2) is 9.03. The molecule has 0 radical (unpaired) electrons. The lowest BCUT2D eigenvalue weighted by molar-refractivity contribution is 0.102. The average molecular weight is 397 g/mol. The number of para-hydroxylation sites is 1. The smallest absolute Gasteiger partial charge is 0.258 e. The van der Waals surface area contributed by atoms with Crippen LogP contribution in [0.1, 0.15) is 32.9 Å². The van der Waals surface area contributed by atoms with Crippen LogP contribution in [-0.2, 0) is 12.3 Å². The molecular formula is C21H24N4O2S. The number of benzene rings is 1. The predicted molar refractivity (Wildman–Crippen MR) is 112 cm³/mol. The number of aryl methyl sites for hydroxylation is 2. The van der Waals surface area contributed by atoms with Crippen LogP contribution in [0.25, 0.3) is 0 Å². The number of pyridine rings is 1. The van der Waals surface area contributed by atoms with E-state index in [0.717, 1.165) is 34.8 Å². The predicted octanol–water partition coefficient (Wildman–Crippen LogP) is 4.29. The molecule has 1 amide bonds. The van der Waals surface area contributed by atoms with Crippen molar-refractivity contribution < 1.29 is 9.32 Å². The molecule has 0 unspecified atom stereocenters. The van der Waals surface area contributed by atoms with E-state index < -0.39 is 0 Å². The first kappa shape index (κ1) is 20.1. The Morgan fingerprint density at radius 1 is 1.18 bits per heavy atom. The highest BCUT2D eigenvalue weighted by atomic mass is 32.2. The minimum atomic E-state index is -0.166. The van der Waals surface area contributed by atoms with Crippen LogP contribution in [-0.4, -0.2) is 35.0 Å². The number of rotatable bonds is 7. The standard InChI is InChI=1S/C21H24N4O2S/c1-14-18(15(2)27-24-14)13-28-21-17(9-7-11-22-21)20(26)23-19-10-6-5-8-16(19)12-25(3)4/h5-11H,12-13H2,1-4H3,(H,23,26). The Hall–Kier alpha value is -2.64. The molecule has 6 nitrogen and oxygen atoms in total. The first-order valence-corrected chi connectivity index (χ1v) is 9.98. The van der Waals surface area contributed by atoms with Gasteiger partial charge in [0.15, 0.2) is 0 Å². The minimum absolute atomic E-state index is 0.166. The number of thioether (sulfide) groups is 1. The molecule has 0 saturated carbocycles. The molecular weight excluding hydrogens is 372 g/mol. The van der Waals surface area contributed by atoms with Crippen molar-refractivity contribution in [3.05, 3.63) is 70.7 Å². The van der Waals surface area contributed by atoms with Gasteiger partial charge >= 0.3 is 0 Å². The number of hydrogen-bond donors (Lipinski definition) is 1. The van der Waals surface area contributed by atoms with E-state index in [1.54, 1.807) is 18.3 Å². The van der Waals surface area contributed by atoms with Gasteiger partial charge in [-0.15, -0.1) is 11.8 Å². The molecule has 28 heavy (non-hydrogen) atoms. The number of anilines is 1. The number of nitrogens with zero attached hydrogens (tertiary/aromatic N) is 3. The molecule has 0 aliphatic heterocycles. The van der Waals surface area contributed by atoms with Crippen LogP contribution >= 0.6 is 11.8 Å². The van der Waals surface area contributed by atoms with Crippen LogP contribution in [0.15, 0.2) is 52.1 Å². The zero-order chi connectivity index (χ0) is 20.1. The van der Waals surface area contributed by atoms with E-state index >= 15 is 0 Å². The van der Waals surface area contributed by atoms with E-state index in [-0.39, 0.29) is 5.91 Å². The van der Waals surface area contributed by atoms with Gasteiger partial charge in [0.2, 0.25) is 0 Å². The van der Waals surface area contributed by atoms with Gasteiger partial charge in [-0.3, -0.25) is 4.79 Å². The summed E-state index contributed by atoms with van der Waals surface area (Å²) in [6.07, 6.45) is 1.70. The van der Waals surface area contributed by atoms with Gasteiger partial charge in [-0.2, -0.15) is 0 Å². The zero-order valence-electron chi connectivity index (χ0n) is 16.5. The summed E-state index contributed by atoms with van der Waals surface area (Å²) in [5, 5.41) is 7.71. The number of amides is 1. The molecule has 0 fully saturated rings. The van der Waals surface area contributed by atoms with Gasteiger partial charge in [-0.25, -0.2) is 4.98 Å². The number of carbonyl (C=O) groups is 1. The summed E-state index contributed by atoms with van der Waals surface area (Å²) in [5.41, 5.74) is 4.34. The van der Waals surface area contributed by atoms with E-state index in [4.69, 9.17) is 4.52 Å². The minimum Gasteiger partial charge on any atom is -0.361 e. The topological polar surface area (TPSA) is 71.3 Å². The highest BCUT2D eigenvalue weighted by molar-refractivity contribution is 7.98. The Balaban J connectivity index is 1.78. The maximum atomic E-state index is 13.0. The second-order valence-electron chi connectivity index (χ2n) is 6.80. The quantitative estimate of drug-likeness (QED) is 0.601. The van der Waals surface area contributed by atoms with Gasteiger partial charge in [0.25, 0.3) is 5.91 Å². The summed E-state index contributed by atoms with van der Waals surface area (Å²) < 4.78 is 5.22. The van der Waals surface area contributed by atoms with Crippen LogP contribution in [0, 0.1) is 13.8 Å². The summed E-state index contributed by atoms with van der Waals surface area (Å²) in [5.74, 6) is 1.28. The molecule has 2 heterocycles. The lowest BCUT2D eigenvalue weighted by Crippen LogP contribution is -2.17. The summed E-state index contributed by atoms with van der Waals surface area (Å²) in [6.45, 7) is 4.56. The highest BCUT2D eigenvalue weighted by Gasteiger charge is 2.16. The summed E-state index contributed by atoms with van der Waals surface area (Å²) in [7, 11) is 4.01. The molecule has 146 valence electrons. The molecule has 2 aromatic heterocycles. The number of hydrogen-bond acceptors (Lipinski definition) is 6.